The van der Waals surface area contributed by atoms with E-state index in [2.05, 4.69) is 13.8 Å². The summed E-state index contributed by atoms with van der Waals surface area (Å²) in [5.74, 6) is 1.66. The van der Waals surface area contributed by atoms with E-state index in [1.165, 1.54) is 45.1 Å². The topological polar surface area (TPSA) is 46.2 Å². The van der Waals surface area contributed by atoms with Crippen LogP contribution in [-0.2, 0) is 0 Å². The molecule has 0 aromatic carbocycles. The fraction of sp³-hybridized carbons (Fsp3) is 1.00. The molecule has 2 rings (SSSR count). The van der Waals surface area contributed by atoms with E-state index in [0.29, 0.717) is 12.6 Å². The Balaban J connectivity index is 2.03. The highest BCUT2D eigenvalue weighted by atomic mass is 16.3. The molecular formula is C16H33N2O+. The number of rotatable bonds is 6. The summed E-state index contributed by atoms with van der Waals surface area (Å²) < 4.78 is 1.12. The molecule has 0 aromatic heterocycles. The molecule has 2 fully saturated rings. The number of hydrogen-bond donors (Lipinski definition) is 2. The number of unbranched alkanes of at least 4 members (excludes halogenated alkanes) is 1. The van der Waals surface area contributed by atoms with Crippen LogP contribution in [0.3, 0.4) is 0 Å². The average molecular weight is 269 g/mol. The highest BCUT2D eigenvalue weighted by Gasteiger charge is 2.47. The Morgan fingerprint density at radius 2 is 1.95 bits per heavy atom. The van der Waals surface area contributed by atoms with Crippen LogP contribution in [-0.4, -0.2) is 47.9 Å². The van der Waals surface area contributed by atoms with E-state index in [1.807, 2.05) is 0 Å². The third kappa shape index (κ3) is 3.50. The Morgan fingerprint density at radius 3 is 2.53 bits per heavy atom. The Morgan fingerprint density at radius 1 is 1.21 bits per heavy atom. The smallest absolute Gasteiger partial charge is 0.102 e. The van der Waals surface area contributed by atoms with Crippen molar-refractivity contribution in [2.45, 2.75) is 64.5 Å². The van der Waals surface area contributed by atoms with Crippen molar-refractivity contribution in [1.82, 2.24) is 0 Å². The number of nitrogens with zero attached hydrogens (tertiary/aromatic N) is 1. The van der Waals surface area contributed by atoms with Crippen molar-refractivity contribution in [3.8, 4) is 0 Å². The van der Waals surface area contributed by atoms with Gasteiger partial charge in [-0.1, -0.05) is 26.7 Å². The molecule has 0 aromatic rings. The van der Waals surface area contributed by atoms with Crippen LogP contribution in [0.25, 0.3) is 0 Å². The molecule has 112 valence electrons. The van der Waals surface area contributed by atoms with Gasteiger partial charge < -0.3 is 15.3 Å². The number of nitrogens with two attached hydrogens (primary N) is 1. The van der Waals surface area contributed by atoms with E-state index >= 15 is 0 Å². The molecule has 3 N–H and O–H groups in total. The van der Waals surface area contributed by atoms with Crippen LogP contribution >= 0.6 is 0 Å². The first kappa shape index (κ1) is 15.3. The lowest BCUT2D eigenvalue weighted by Gasteiger charge is -2.55. The van der Waals surface area contributed by atoms with Gasteiger partial charge in [0.25, 0.3) is 0 Å². The highest BCUT2D eigenvalue weighted by molar-refractivity contribution is 4.83. The summed E-state index contributed by atoms with van der Waals surface area (Å²) in [6, 6.07) is 1.12. The Labute approximate surface area is 118 Å². The third-order valence-electron chi connectivity index (χ3n) is 5.49. The molecule has 3 nitrogen and oxygen atoms in total. The maximum Gasteiger partial charge on any atom is 0.102 e. The van der Waals surface area contributed by atoms with Crippen LogP contribution in [0.4, 0.5) is 0 Å². The molecule has 1 saturated carbocycles. The second kappa shape index (κ2) is 6.55. The second-order valence-corrected chi connectivity index (χ2v) is 7.27. The van der Waals surface area contributed by atoms with Crippen molar-refractivity contribution in [3.63, 3.8) is 0 Å². The fourth-order valence-electron chi connectivity index (χ4n) is 4.50. The van der Waals surface area contributed by atoms with Crippen LogP contribution in [0.1, 0.15) is 52.4 Å². The van der Waals surface area contributed by atoms with Gasteiger partial charge in [-0.2, -0.15) is 0 Å². The molecule has 3 heteroatoms. The summed E-state index contributed by atoms with van der Waals surface area (Å²) in [4.78, 5) is 0. The number of hydrogen-bond acceptors (Lipinski definition) is 2. The Hall–Kier alpha value is -0.120. The van der Waals surface area contributed by atoms with Crippen molar-refractivity contribution in [1.29, 1.82) is 0 Å². The third-order valence-corrected chi connectivity index (χ3v) is 5.49. The first-order valence-corrected chi connectivity index (χ1v) is 8.32. The molecule has 1 saturated heterocycles. The lowest BCUT2D eigenvalue weighted by atomic mass is 9.76. The van der Waals surface area contributed by atoms with Gasteiger partial charge in [-0.25, -0.2) is 0 Å². The van der Waals surface area contributed by atoms with Crippen molar-refractivity contribution in [2.24, 2.45) is 17.6 Å². The predicted octanol–water partition coefficient (Wildman–Crippen LogP) is 2.13. The summed E-state index contributed by atoms with van der Waals surface area (Å²) in [7, 11) is 0. The zero-order chi connectivity index (χ0) is 13.9. The van der Waals surface area contributed by atoms with Gasteiger partial charge >= 0.3 is 0 Å². The van der Waals surface area contributed by atoms with Gasteiger partial charge in [0.15, 0.2) is 0 Å². The minimum Gasteiger partial charge on any atom is -0.391 e. The largest absolute Gasteiger partial charge is 0.391 e. The molecule has 1 aliphatic heterocycles. The maximum absolute atomic E-state index is 9.51. The summed E-state index contributed by atoms with van der Waals surface area (Å²) in [5, 5.41) is 9.51. The van der Waals surface area contributed by atoms with E-state index in [0.717, 1.165) is 35.5 Å². The van der Waals surface area contributed by atoms with Crippen molar-refractivity contribution >= 4 is 0 Å². The number of likely N-dealkylation sites (tertiary alicyclic amines) is 1. The molecule has 19 heavy (non-hydrogen) atoms. The van der Waals surface area contributed by atoms with E-state index in [-0.39, 0.29) is 0 Å². The minimum absolute atomic E-state index is 0.318. The summed E-state index contributed by atoms with van der Waals surface area (Å²) in [5.41, 5.74) is 6.36. The Bertz CT molecular complexity index is 278. The SMILES string of the molecule is CCCCC1CC(N)C[N+](CCO)(C2CC(C)C2)C1. The van der Waals surface area contributed by atoms with Gasteiger partial charge in [-0.15, -0.1) is 0 Å². The van der Waals surface area contributed by atoms with Crippen LogP contribution in [0.15, 0.2) is 0 Å². The molecule has 0 spiro atoms. The standard InChI is InChI=1S/C16H33N2O/c1-3-4-5-14-10-15(17)12-18(11-14,6-7-19)16-8-13(2)9-16/h13-16,19H,3-12,17H2,1-2H3/q+1. The normalized spacial score (nSPS) is 42.9. The zero-order valence-corrected chi connectivity index (χ0v) is 12.9. The van der Waals surface area contributed by atoms with E-state index in [9.17, 15) is 5.11 Å². The molecule has 2 aliphatic rings. The van der Waals surface area contributed by atoms with Gasteiger partial charge in [0.2, 0.25) is 0 Å². The van der Waals surface area contributed by atoms with Gasteiger partial charge in [-0.3, -0.25) is 0 Å². The predicted molar refractivity (Wildman–Crippen MR) is 79.7 cm³/mol. The minimum atomic E-state index is 0.318. The average Bonchev–Trinajstić information content (AvgIpc) is 2.32. The lowest BCUT2D eigenvalue weighted by molar-refractivity contribution is -0.965. The van der Waals surface area contributed by atoms with Crippen molar-refractivity contribution < 1.29 is 9.59 Å². The van der Waals surface area contributed by atoms with Gasteiger partial charge in [0, 0.05) is 18.8 Å². The number of piperidine rings is 1. The monoisotopic (exact) mass is 269 g/mol. The first-order chi connectivity index (χ1) is 9.09. The van der Waals surface area contributed by atoms with Gasteiger partial charge in [-0.05, 0) is 18.8 Å². The molecule has 0 radical (unpaired) electrons. The summed E-state index contributed by atoms with van der Waals surface area (Å²) in [6.45, 7) is 8.23. The molecule has 0 bridgehead atoms. The summed E-state index contributed by atoms with van der Waals surface area (Å²) >= 11 is 0. The van der Waals surface area contributed by atoms with Gasteiger partial charge in [0.05, 0.1) is 31.8 Å². The van der Waals surface area contributed by atoms with Crippen LogP contribution < -0.4 is 5.73 Å². The van der Waals surface area contributed by atoms with Crippen LogP contribution in [0, 0.1) is 11.8 Å². The molecule has 1 heterocycles. The Kier molecular flexibility index (Phi) is 5.27. The van der Waals surface area contributed by atoms with E-state index < -0.39 is 0 Å². The first-order valence-electron chi connectivity index (χ1n) is 8.32. The molecule has 0 amide bonds. The van der Waals surface area contributed by atoms with Crippen LogP contribution in [0.5, 0.6) is 0 Å². The fourth-order valence-corrected chi connectivity index (χ4v) is 4.50. The molecular weight excluding hydrogens is 236 g/mol. The number of aliphatic hydroxyl groups excluding tert-OH is 1. The lowest BCUT2D eigenvalue weighted by Crippen LogP contribution is -2.68. The van der Waals surface area contributed by atoms with Crippen molar-refractivity contribution in [2.75, 3.05) is 26.2 Å². The van der Waals surface area contributed by atoms with Crippen molar-refractivity contribution in [3.05, 3.63) is 0 Å². The van der Waals surface area contributed by atoms with E-state index in [4.69, 9.17) is 5.73 Å². The molecule has 3 atom stereocenters. The summed E-state index contributed by atoms with van der Waals surface area (Å²) in [6.07, 6.45) is 7.83. The zero-order valence-electron chi connectivity index (χ0n) is 12.9. The molecule has 3 unspecified atom stereocenters. The second-order valence-electron chi connectivity index (χ2n) is 7.27. The molecule has 1 aliphatic carbocycles. The number of aliphatic hydroxyl groups is 1. The van der Waals surface area contributed by atoms with E-state index in [1.54, 1.807) is 0 Å². The highest BCUT2D eigenvalue weighted by Crippen LogP contribution is 2.40. The maximum atomic E-state index is 9.51. The number of quaternary nitrogens is 1. The van der Waals surface area contributed by atoms with Crippen LogP contribution in [0.2, 0.25) is 0 Å². The van der Waals surface area contributed by atoms with Gasteiger partial charge in [0.1, 0.15) is 6.54 Å². The quantitative estimate of drug-likeness (QED) is 0.726.